The van der Waals surface area contributed by atoms with Crippen molar-refractivity contribution < 1.29 is 19.1 Å². The van der Waals surface area contributed by atoms with Gasteiger partial charge >= 0.3 is 6.09 Å². The van der Waals surface area contributed by atoms with Crippen LogP contribution in [0.25, 0.3) is 0 Å². The molecular formula is C21H45N7O4. The van der Waals surface area contributed by atoms with Gasteiger partial charge in [0.1, 0.15) is 6.61 Å². The minimum absolute atomic E-state index is 0.0134. The molecule has 1 unspecified atom stereocenters. The van der Waals surface area contributed by atoms with Crippen molar-refractivity contribution in [2.75, 3.05) is 52.4 Å². The lowest BCUT2D eigenvalue weighted by molar-refractivity contribution is -0.135. The second-order valence-electron chi connectivity index (χ2n) is 7.87. The number of ether oxygens (including phenoxy) is 1. The van der Waals surface area contributed by atoms with Gasteiger partial charge in [0.25, 0.3) is 0 Å². The summed E-state index contributed by atoms with van der Waals surface area (Å²) in [6.07, 6.45) is 6.76. The Balaban J connectivity index is 4.71. The maximum Gasteiger partial charge on any atom is 0.404 e. The maximum absolute atomic E-state index is 12.7. The number of amides is 3. The molecule has 11 nitrogen and oxygen atoms in total. The van der Waals surface area contributed by atoms with Crippen LogP contribution in [-0.2, 0) is 14.3 Å². The first-order chi connectivity index (χ1) is 15.4. The molecule has 0 heterocycles. The molecule has 10 N–H and O–H groups in total. The van der Waals surface area contributed by atoms with E-state index >= 15 is 0 Å². The topological polar surface area (TPSA) is 192 Å². The monoisotopic (exact) mass is 459 g/mol. The Kier molecular flexibility index (Phi) is 19.7. The third-order valence-corrected chi connectivity index (χ3v) is 4.95. The van der Waals surface area contributed by atoms with E-state index in [0.717, 1.165) is 57.9 Å². The Morgan fingerprint density at radius 3 is 2.09 bits per heavy atom. The Morgan fingerprint density at radius 2 is 1.47 bits per heavy atom. The van der Waals surface area contributed by atoms with Crippen LogP contribution in [0.5, 0.6) is 0 Å². The van der Waals surface area contributed by atoms with E-state index < -0.39 is 6.09 Å². The molecule has 0 aliphatic carbocycles. The molecule has 0 fully saturated rings. The van der Waals surface area contributed by atoms with Crippen LogP contribution in [0, 0.1) is 0 Å². The van der Waals surface area contributed by atoms with E-state index in [2.05, 4.69) is 10.6 Å². The van der Waals surface area contributed by atoms with E-state index in [1.807, 2.05) is 0 Å². The predicted octanol–water partition coefficient (Wildman–Crippen LogP) is -0.628. The minimum Gasteiger partial charge on any atom is -0.448 e. The fraction of sp³-hybridized carbons (Fsp3) is 0.857. The second-order valence-corrected chi connectivity index (χ2v) is 7.87. The maximum atomic E-state index is 12.7. The molecule has 0 rings (SSSR count). The molecule has 11 heteroatoms. The van der Waals surface area contributed by atoms with Crippen molar-refractivity contribution in [3.63, 3.8) is 0 Å². The number of carbonyl (C=O) groups excluding carboxylic acids is 3. The number of hydrogen-bond acceptors (Lipinski definition) is 8. The summed E-state index contributed by atoms with van der Waals surface area (Å²) in [6, 6.07) is -0.378. The fourth-order valence-corrected chi connectivity index (χ4v) is 3.16. The Labute approximate surface area is 192 Å². The number of nitrogens with one attached hydrogen (secondary N) is 2. The lowest BCUT2D eigenvalue weighted by atomic mass is 10.1. The highest BCUT2D eigenvalue weighted by molar-refractivity contribution is 5.85. The molecule has 0 aliphatic rings. The molecule has 0 spiro atoms. The summed E-state index contributed by atoms with van der Waals surface area (Å²) in [6.45, 7) is 3.13. The highest BCUT2D eigenvalue weighted by atomic mass is 16.5. The van der Waals surface area contributed by atoms with Gasteiger partial charge in [-0.2, -0.15) is 0 Å². The first-order valence-corrected chi connectivity index (χ1v) is 11.7. The lowest BCUT2D eigenvalue weighted by Crippen LogP contribution is -2.48. The minimum atomic E-state index is -0.891. The Bertz CT molecular complexity index is 509. The number of nitrogens with zero attached hydrogens (tertiary/aromatic N) is 1. The number of rotatable bonds is 21. The summed E-state index contributed by atoms with van der Waals surface area (Å²) in [5, 5.41) is 5.99. The van der Waals surface area contributed by atoms with E-state index in [1.165, 1.54) is 0 Å². The van der Waals surface area contributed by atoms with Gasteiger partial charge in [-0.1, -0.05) is 19.3 Å². The molecule has 0 saturated carbocycles. The van der Waals surface area contributed by atoms with E-state index in [-0.39, 0.29) is 37.6 Å². The number of carbonyl (C=O) groups is 3. The highest BCUT2D eigenvalue weighted by Gasteiger charge is 2.19. The molecule has 0 bridgehead atoms. The van der Waals surface area contributed by atoms with Crippen LogP contribution in [0.3, 0.4) is 0 Å². The van der Waals surface area contributed by atoms with Crippen molar-refractivity contribution in [3.8, 4) is 0 Å². The zero-order valence-corrected chi connectivity index (χ0v) is 19.5. The van der Waals surface area contributed by atoms with Gasteiger partial charge in [0, 0.05) is 6.54 Å². The van der Waals surface area contributed by atoms with Crippen molar-refractivity contribution in [3.05, 3.63) is 0 Å². The normalized spacial score (nSPS) is 11.7. The molecule has 0 aromatic heterocycles. The molecule has 0 radical (unpaired) electrons. The standard InChI is InChI=1S/C21H45N7O4/c22-10-4-1-7-13-26-15-20(30)28(14-8-2-5-11-23)16-19(29)27-18(9-3-6-12-24)17-32-21(25)31/h18,26H,1-17,22-24H2,(H2,25,31)(H,27,29). The number of primary amides is 1. The first-order valence-electron chi connectivity index (χ1n) is 11.7. The zero-order valence-electron chi connectivity index (χ0n) is 19.5. The molecule has 0 saturated heterocycles. The lowest BCUT2D eigenvalue weighted by Gasteiger charge is -2.24. The van der Waals surface area contributed by atoms with E-state index in [9.17, 15) is 14.4 Å². The number of unbranched alkanes of at least 4 members (excludes halogenated alkanes) is 5. The van der Waals surface area contributed by atoms with Crippen molar-refractivity contribution in [1.82, 2.24) is 15.5 Å². The summed E-state index contributed by atoms with van der Waals surface area (Å²) < 4.78 is 4.86. The summed E-state index contributed by atoms with van der Waals surface area (Å²) >= 11 is 0. The van der Waals surface area contributed by atoms with Gasteiger partial charge in [0.15, 0.2) is 0 Å². The van der Waals surface area contributed by atoms with Gasteiger partial charge in [0.2, 0.25) is 11.8 Å². The van der Waals surface area contributed by atoms with Gasteiger partial charge in [0.05, 0.1) is 19.1 Å². The van der Waals surface area contributed by atoms with Crippen LogP contribution in [0.15, 0.2) is 0 Å². The number of nitrogens with two attached hydrogens (primary N) is 4. The molecule has 0 aliphatic heterocycles. The Morgan fingerprint density at radius 1 is 0.844 bits per heavy atom. The third kappa shape index (κ3) is 17.7. The average Bonchev–Trinajstić information content (AvgIpc) is 2.76. The smallest absolute Gasteiger partial charge is 0.404 e. The van der Waals surface area contributed by atoms with Crippen LogP contribution < -0.4 is 33.6 Å². The summed E-state index contributed by atoms with van der Waals surface area (Å²) in [5.41, 5.74) is 21.6. The summed E-state index contributed by atoms with van der Waals surface area (Å²) in [7, 11) is 0. The largest absolute Gasteiger partial charge is 0.448 e. The van der Waals surface area contributed by atoms with Gasteiger partial charge in [-0.25, -0.2) is 4.79 Å². The van der Waals surface area contributed by atoms with Crippen LogP contribution in [0.4, 0.5) is 4.79 Å². The van der Waals surface area contributed by atoms with E-state index in [4.69, 9.17) is 27.7 Å². The molecule has 32 heavy (non-hydrogen) atoms. The molecule has 0 aromatic rings. The number of hydrogen-bond donors (Lipinski definition) is 6. The predicted molar refractivity (Wildman–Crippen MR) is 126 cm³/mol. The zero-order chi connectivity index (χ0) is 24.0. The van der Waals surface area contributed by atoms with Crippen LogP contribution >= 0.6 is 0 Å². The van der Waals surface area contributed by atoms with Crippen molar-refractivity contribution >= 4 is 17.9 Å². The molecule has 3 amide bonds. The molecule has 188 valence electrons. The second kappa shape index (κ2) is 20.9. The van der Waals surface area contributed by atoms with Crippen LogP contribution in [0.1, 0.15) is 57.8 Å². The van der Waals surface area contributed by atoms with Gasteiger partial charge in [-0.15, -0.1) is 0 Å². The van der Waals surface area contributed by atoms with E-state index in [0.29, 0.717) is 32.6 Å². The first kappa shape index (κ1) is 30.0. The summed E-state index contributed by atoms with van der Waals surface area (Å²) in [4.78, 5) is 37.8. The van der Waals surface area contributed by atoms with Gasteiger partial charge in [-0.05, 0) is 64.7 Å². The van der Waals surface area contributed by atoms with E-state index in [1.54, 1.807) is 4.90 Å². The quantitative estimate of drug-likeness (QED) is 0.122. The molecule has 1 atom stereocenters. The van der Waals surface area contributed by atoms with Gasteiger partial charge in [-0.3, -0.25) is 9.59 Å². The van der Waals surface area contributed by atoms with Crippen LogP contribution in [0.2, 0.25) is 0 Å². The van der Waals surface area contributed by atoms with Crippen molar-refractivity contribution in [1.29, 1.82) is 0 Å². The van der Waals surface area contributed by atoms with Crippen LogP contribution in [-0.4, -0.2) is 81.3 Å². The summed E-state index contributed by atoms with van der Waals surface area (Å²) in [5.74, 6) is -0.425. The van der Waals surface area contributed by atoms with Gasteiger partial charge < -0.3 is 43.2 Å². The average molecular weight is 460 g/mol. The van der Waals surface area contributed by atoms with Crippen molar-refractivity contribution in [2.45, 2.75) is 63.8 Å². The van der Waals surface area contributed by atoms with Crippen molar-refractivity contribution in [2.24, 2.45) is 22.9 Å². The molecule has 0 aromatic carbocycles. The fourth-order valence-electron chi connectivity index (χ4n) is 3.16. The SMILES string of the molecule is NCCCCCNCC(=O)N(CCCCCN)CC(=O)NC(CCCCN)COC(N)=O. The third-order valence-electron chi connectivity index (χ3n) is 4.95. The highest BCUT2D eigenvalue weighted by Crippen LogP contribution is 2.03. The Hall–Kier alpha value is -1.95. The molecular weight excluding hydrogens is 414 g/mol.